The maximum absolute atomic E-state index is 13.7. The molecule has 0 radical (unpaired) electrons. The molecule has 3 N–H and O–H groups in total. The highest BCUT2D eigenvalue weighted by atomic mass is 16.6. The van der Waals surface area contributed by atoms with Gasteiger partial charge in [-0.1, -0.05) is 55.4 Å². The number of aromatic nitrogens is 2. The minimum Gasteiger partial charge on any atom is -0.361 e. The van der Waals surface area contributed by atoms with Gasteiger partial charge in [0, 0.05) is 30.8 Å². The fourth-order valence-electron chi connectivity index (χ4n) is 4.57. The number of amides is 3. The molecular formula is C31H37N5O6. The Labute approximate surface area is 244 Å². The fraction of sp³-hybridized carbons (Fsp3) is 0.419. The van der Waals surface area contributed by atoms with E-state index in [1.807, 2.05) is 44.2 Å². The lowest BCUT2D eigenvalue weighted by Crippen LogP contribution is -2.57. The molecule has 0 aliphatic carbocycles. The van der Waals surface area contributed by atoms with Gasteiger partial charge in [0.15, 0.2) is 11.5 Å². The maximum atomic E-state index is 13.7. The zero-order valence-electron chi connectivity index (χ0n) is 24.3. The van der Waals surface area contributed by atoms with Crippen molar-refractivity contribution in [2.75, 3.05) is 6.61 Å². The molecule has 11 nitrogen and oxygen atoms in total. The highest BCUT2D eigenvalue weighted by Gasteiger charge is 2.50. The van der Waals surface area contributed by atoms with Crippen LogP contribution in [0.25, 0.3) is 0 Å². The van der Waals surface area contributed by atoms with Crippen LogP contribution in [0.5, 0.6) is 0 Å². The molecule has 1 fully saturated rings. The molecule has 1 aliphatic heterocycles. The average Bonchev–Trinajstić information content (AvgIpc) is 3.57. The third kappa shape index (κ3) is 8.32. The van der Waals surface area contributed by atoms with Gasteiger partial charge >= 0.3 is 0 Å². The number of nitrogens with one attached hydrogen (secondary N) is 3. The first kappa shape index (κ1) is 30.6. The SMILES string of the molecule is Cc1cc(C(=O)NC(Cc2ccccn2)C(=O)N[C@@H](Cc2ccccc2)C(=O)NC(CC(C)C)C(=O)C2(C)CO2)no1. The predicted octanol–water partition coefficient (Wildman–Crippen LogP) is 2.34. The van der Waals surface area contributed by atoms with E-state index in [1.54, 1.807) is 38.2 Å². The first-order valence-corrected chi connectivity index (χ1v) is 14.0. The number of Topliss-reactive ketones (excluding diaryl/α,β-unsaturated/α-hetero) is 1. The molecule has 1 aliphatic rings. The van der Waals surface area contributed by atoms with Gasteiger partial charge in [0.05, 0.1) is 12.6 Å². The number of benzene rings is 1. The van der Waals surface area contributed by atoms with Crippen molar-refractivity contribution in [3.8, 4) is 0 Å². The summed E-state index contributed by atoms with van der Waals surface area (Å²) in [5, 5.41) is 12.1. The zero-order valence-corrected chi connectivity index (χ0v) is 24.3. The number of epoxide rings is 1. The highest BCUT2D eigenvalue weighted by Crippen LogP contribution is 2.29. The van der Waals surface area contributed by atoms with Crippen LogP contribution < -0.4 is 16.0 Å². The van der Waals surface area contributed by atoms with Crippen molar-refractivity contribution in [1.29, 1.82) is 0 Å². The maximum Gasteiger partial charge on any atom is 0.274 e. The van der Waals surface area contributed by atoms with Crippen LogP contribution in [0, 0.1) is 12.8 Å². The first-order valence-electron chi connectivity index (χ1n) is 14.0. The van der Waals surface area contributed by atoms with Crippen molar-refractivity contribution in [2.45, 2.75) is 70.7 Å². The van der Waals surface area contributed by atoms with Gasteiger partial charge in [0.25, 0.3) is 5.91 Å². The summed E-state index contributed by atoms with van der Waals surface area (Å²) in [7, 11) is 0. The number of hydrogen-bond donors (Lipinski definition) is 3. The highest BCUT2D eigenvalue weighted by molar-refractivity contribution is 5.99. The summed E-state index contributed by atoms with van der Waals surface area (Å²) < 4.78 is 10.4. The van der Waals surface area contributed by atoms with E-state index in [9.17, 15) is 19.2 Å². The van der Waals surface area contributed by atoms with Crippen molar-refractivity contribution >= 4 is 23.5 Å². The van der Waals surface area contributed by atoms with Gasteiger partial charge in [0.1, 0.15) is 23.4 Å². The van der Waals surface area contributed by atoms with Crippen LogP contribution in [-0.2, 0) is 32.0 Å². The number of nitrogens with zero attached hydrogens (tertiary/aromatic N) is 2. The Morgan fingerprint density at radius 3 is 2.12 bits per heavy atom. The molecule has 4 rings (SSSR count). The van der Waals surface area contributed by atoms with Gasteiger partial charge < -0.3 is 25.2 Å². The fourth-order valence-corrected chi connectivity index (χ4v) is 4.57. The molecule has 3 aromatic rings. The van der Waals surface area contributed by atoms with Crippen LogP contribution >= 0.6 is 0 Å². The largest absolute Gasteiger partial charge is 0.361 e. The normalized spacial score (nSPS) is 18.0. The van der Waals surface area contributed by atoms with Crippen molar-refractivity contribution in [2.24, 2.45) is 5.92 Å². The van der Waals surface area contributed by atoms with Crippen molar-refractivity contribution in [3.63, 3.8) is 0 Å². The Hall–Kier alpha value is -4.38. The number of aryl methyl sites for hydroxylation is 1. The second-order valence-electron chi connectivity index (χ2n) is 11.2. The third-order valence-electron chi connectivity index (χ3n) is 6.98. The summed E-state index contributed by atoms with van der Waals surface area (Å²) in [6.07, 6.45) is 2.25. The number of pyridine rings is 1. The van der Waals surface area contributed by atoms with Crippen LogP contribution in [0.15, 0.2) is 65.3 Å². The summed E-state index contributed by atoms with van der Waals surface area (Å²) in [4.78, 5) is 57.8. The van der Waals surface area contributed by atoms with E-state index in [4.69, 9.17) is 9.26 Å². The van der Waals surface area contributed by atoms with Crippen LogP contribution in [0.2, 0.25) is 0 Å². The molecule has 42 heavy (non-hydrogen) atoms. The van der Waals surface area contributed by atoms with E-state index in [2.05, 4.69) is 26.1 Å². The second kappa shape index (κ2) is 13.5. The van der Waals surface area contributed by atoms with E-state index in [-0.39, 0.29) is 30.2 Å². The van der Waals surface area contributed by atoms with E-state index >= 15 is 0 Å². The average molecular weight is 576 g/mol. The first-order chi connectivity index (χ1) is 20.0. The summed E-state index contributed by atoms with van der Waals surface area (Å²) in [6.45, 7) is 7.60. The molecule has 11 heteroatoms. The molecule has 3 heterocycles. The monoisotopic (exact) mass is 575 g/mol. The zero-order chi connectivity index (χ0) is 30.3. The Balaban J connectivity index is 1.56. The quantitative estimate of drug-likeness (QED) is 0.247. The number of rotatable bonds is 14. The lowest BCUT2D eigenvalue weighted by atomic mass is 9.93. The minimum absolute atomic E-state index is 0.0238. The standard InChI is InChI=1S/C31H37N5O6/c1-19(2)14-23(27(37)31(4)18-41-31)33-28(38)24(16-21-10-6-5-7-11-21)34-29(39)25(17-22-12-8-9-13-32-22)35-30(40)26-15-20(3)42-36-26/h5-13,15,19,23-25H,14,16-18H2,1-4H3,(H,33,38)(H,34,39)(H,35,40)/t23?,24-,25?,31?/m0/s1. The van der Waals surface area contributed by atoms with Crippen LogP contribution in [0.4, 0.5) is 0 Å². The Morgan fingerprint density at radius 2 is 1.55 bits per heavy atom. The number of ether oxygens (including phenoxy) is 1. The Bertz CT molecular complexity index is 1390. The third-order valence-corrected chi connectivity index (χ3v) is 6.98. The van der Waals surface area contributed by atoms with Gasteiger partial charge in [-0.05, 0) is 43.9 Å². The Morgan fingerprint density at radius 1 is 0.905 bits per heavy atom. The molecule has 3 amide bonds. The van der Waals surface area contributed by atoms with E-state index in [0.717, 1.165) is 5.56 Å². The lowest BCUT2D eigenvalue weighted by Gasteiger charge is -2.26. The molecule has 2 aromatic heterocycles. The molecule has 0 bridgehead atoms. The molecule has 3 unspecified atom stereocenters. The summed E-state index contributed by atoms with van der Waals surface area (Å²) >= 11 is 0. The summed E-state index contributed by atoms with van der Waals surface area (Å²) in [6, 6.07) is 13.1. The van der Waals surface area contributed by atoms with Crippen molar-refractivity contribution in [1.82, 2.24) is 26.1 Å². The van der Waals surface area contributed by atoms with E-state index in [1.165, 1.54) is 6.07 Å². The number of ketones is 1. The summed E-state index contributed by atoms with van der Waals surface area (Å²) in [5.74, 6) is -1.33. The van der Waals surface area contributed by atoms with E-state index < -0.39 is 41.4 Å². The molecule has 1 aromatic carbocycles. The van der Waals surface area contributed by atoms with E-state index in [0.29, 0.717) is 24.5 Å². The molecule has 222 valence electrons. The second-order valence-corrected chi connectivity index (χ2v) is 11.2. The summed E-state index contributed by atoms with van der Waals surface area (Å²) in [5.41, 5.74) is 0.489. The number of hydrogen-bond acceptors (Lipinski definition) is 8. The molecule has 0 saturated carbocycles. The lowest BCUT2D eigenvalue weighted by molar-refractivity contribution is -0.133. The smallest absolute Gasteiger partial charge is 0.274 e. The number of carbonyl (C=O) groups excluding carboxylic acids is 4. The van der Waals surface area contributed by atoms with Crippen molar-refractivity contribution in [3.05, 3.63) is 83.5 Å². The van der Waals surface area contributed by atoms with Gasteiger partial charge in [-0.15, -0.1) is 0 Å². The molecule has 4 atom stereocenters. The molecule has 1 saturated heterocycles. The topological polar surface area (TPSA) is 156 Å². The van der Waals surface area contributed by atoms with Crippen molar-refractivity contribution < 1.29 is 28.4 Å². The molecule has 0 spiro atoms. The van der Waals surface area contributed by atoms with Crippen LogP contribution in [0.1, 0.15) is 54.7 Å². The predicted molar refractivity (Wildman–Crippen MR) is 153 cm³/mol. The van der Waals surface area contributed by atoms with Crippen LogP contribution in [0.3, 0.4) is 0 Å². The minimum atomic E-state index is -1.08. The number of carbonyl (C=O) groups is 4. The van der Waals surface area contributed by atoms with Gasteiger partial charge in [-0.25, -0.2) is 0 Å². The van der Waals surface area contributed by atoms with Gasteiger partial charge in [-0.2, -0.15) is 0 Å². The molecular weight excluding hydrogens is 538 g/mol. The van der Waals surface area contributed by atoms with Gasteiger partial charge in [-0.3, -0.25) is 24.2 Å². The van der Waals surface area contributed by atoms with Gasteiger partial charge in [0.2, 0.25) is 11.8 Å². The Kier molecular flexibility index (Phi) is 9.84. The van der Waals surface area contributed by atoms with Crippen LogP contribution in [-0.4, -0.2) is 64.0 Å².